The molecule has 3 unspecified atom stereocenters. The molecule has 280 valence electrons. The summed E-state index contributed by atoms with van der Waals surface area (Å²) in [5, 5.41) is 51.6. The largest absolute Gasteiger partial charge is 0.454 e. The van der Waals surface area contributed by atoms with E-state index in [4.69, 9.17) is 37.9 Å². The van der Waals surface area contributed by atoms with Gasteiger partial charge in [0.1, 0.15) is 0 Å². The molecule has 16 nitrogen and oxygen atoms in total. The lowest BCUT2D eigenvalue weighted by molar-refractivity contribution is -0.161. The second-order valence-electron chi connectivity index (χ2n) is 12.7. The van der Waals surface area contributed by atoms with E-state index in [9.17, 15) is 20.8 Å². The van der Waals surface area contributed by atoms with Crippen LogP contribution in [0.15, 0.2) is 89.2 Å². The maximum Gasteiger partial charge on any atom is 0.231 e. The number of nitrogens with zero attached hydrogens (tertiary/aromatic N) is 3. The number of oxime groups is 2. The molecular formula is C38H36N4O12. The van der Waals surface area contributed by atoms with E-state index < -0.39 is 18.1 Å². The van der Waals surface area contributed by atoms with Crippen LogP contribution >= 0.6 is 0 Å². The lowest BCUT2D eigenvalue weighted by atomic mass is 9.92. The van der Waals surface area contributed by atoms with Gasteiger partial charge in [-0.05, 0) is 76.9 Å². The van der Waals surface area contributed by atoms with Crippen molar-refractivity contribution in [3.8, 4) is 46.0 Å². The van der Waals surface area contributed by atoms with Gasteiger partial charge in [-0.3, -0.25) is 0 Å². The summed E-state index contributed by atoms with van der Waals surface area (Å²) >= 11 is 0. The number of ether oxygens (including phenoxy) is 8. The number of hydrogen-bond donors (Lipinski definition) is 5. The highest BCUT2D eigenvalue weighted by molar-refractivity contribution is 5.98. The van der Waals surface area contributed by atoms with Gasteiger partial charge in [-0.2, -0.15) is 10.5 Å². The van der Waals surface area contributed by atoms with Gasteiger partial charge >= 0.3 is 0 Å². The fourth-order valence-corrected chi connectivity index (χ4v) is 6.73. The number of fused-ring (bicyclic) bond motifs is 4. The first-order valence-corrected chi connectivity index (χ1v) is 17.0. The number of hydroxylamine groups is 3. The molecular weight excluding hydrogens is 704 g/mol. The predicted molar refractivity (Wildman–Crippen MR) is 188 cm³/mol. The van der Waals surface area contributed by atoms with Gasteiger partial charge in [0.05, 0.1) is 29.5 Å². The second-order valence-corrected chi connectivity index (χ2v) is 12.7. The minimum absolute atomic E-state index is 0.0123. The fourth-order valence-electron chi connectivity index (χ4n) is 6.73. The third-order valence-corrected chi connectivity index (χ3v) is 9.56. The summed E-state index contributed by atoms with van der Waals surface area (Å²) < 4.78 is 44.3. The second kappa shape index (κ2) is 15.4. The Morgan fingerprint density at radius 1 is 0.593 bits per heavy atom. The summed E-state index contributed by atoms with van der Waals surface area (Å²) in [6.07, 6.45) is 3.44. The molecule has 4 aliphatic rings. The van der Waals surface area contributed by atoms with Crippen LogP contribution in [0.25, 0.3) is 6.08 Å². The van der Waals surface area contributed by atoms with Crippen LogP contribution in [-0.4, -0.2) is 64.5 Å². The lowest BCUT2D eigenvalue weighted by Gasteiger charge is -2.34. The molecule has 0 amide bonds. The van der Waals surface area contributed by atoms with E-state index in [1.807, 2.05) is 12.1 Å². The van der Waals surface area contributed by atoms with Gasteiger partial charge < -0.3 is 58.7 Å². The predicted octanol–water partition coefficient (Wildman–Crippen LogP) is 6.34. The summed E-state index contributed by atoms with van der Waals surface area (Å²) in [6.45, 7) is 0.316. The van der Waals surface area contributed by atoms with E-state index in [0.29, 0.717) is 62.7 Å². The fraction of sp³-hybridized carbons (Fsp3) is 0.263. The molecule has 3 atom stereocenters. The van der Waals surface area contributed by atoms with Gasteiger partial charge in [0, 0.05) is 19.3 Å². The lowest BCUT2D eigenvalue weighted by Crippen LogP contribution is -2.33. The van der Waals surface area contributed by atoms with Crippen molar-refractivity contribution in [1.82, 2.24) is 10.5 Å². The first kappa shape index (κ1) is 34.9. The minimum Gasteiger partial charge on any atom is -0.454 e. The van der Waals surface area contributed by atoms with Crippen molar-refractivity contribution in [3.63, 3.8) is 0 Å². The summed E-state index contributed by atoms with van der Waals surface area (Å²) in [6, 6.07) is 18.8. The van der Waals surface area contributed by atoms with Crippen LogP contribution in [0.5, 0.6) is 46.0 Å². The third kappa shape index (κ3) is 7.22. The van der Waals surface area contributed by atoms with E-state index >= 15 is 0 Å². The van der Waals surface area contributed by atoms with Crippen LogP contribution in [0.1, 0.15) is 59.6 Å². The van der Waals surface area contributed by atoms with E-state index in [1.54, 1.807) is 72.8 Å². The average molecular weight is 741 g/mol. The molecule has 4 heterocycles. The summed E-state index contributed by atoms with van der Waals surface area (Å²) in [5.74, 6) is 4.40. The van der Waals surface area contributed by atoms with Crippen molar-refractivity contribution in [2.24, 2.45) is 10.3 Å². The molecule has 16 heteroatoms. The molecule has 8 rings (SSSR count). The van der Waals surface area contributed by atoms with Crippen LogP contribution in [0.3, 0.4) is 0 Å². The normalized spacial score (nSPS) is 17.0. The molecule has 0 spiro atoms. The molecule has 0 saturated heterocycles. The van der Waals surface area contributed by atoms with Gasteiger partial charge in [-0.1, -0.05) is 40.7 Å². The van der Waals surface area contributed by atoms with Gasteiger partial charge in [0.15, 0.2) is 46.0 Å². The van der Waals surface area contributed by atoms with Crippen molar-refractivity contribution in [2.45, 2.75) is 37.4 Å². The maximum atomic E-state index is 12.4. The Labute approximate surface area is 308 Å². The highest BCUT2D eigenvalue weighted by Crippen LogP contribution is 2.43. The summed E-state index contributed by atoms with van der Waals surface area (Å²) in [4.78, 5) is 0. The van der Waals surface area contributed by atoms with E-state index in [2.05, 4.69) is 15.8 Å². The molecule has 0 aliphatic carbocycles. The smallest absolute Gasteiger partial charge is 0.231 e. The monoisotopic (exact) mass is 740 g/mol. The molecule has 4 aliphatic heterocycles. The van der Waals surface area contributed by atoms with Crippen molar-refractivity contribution in [1.29, 1.82) is 0 Å². The van der Waals surface area contributed by atoms with Crippen LogP contribution in [0.2, 0.25) is 0 Å². The van der Waals surface area contributed by atoms with Gasteiger partial charge in [-0.25, -0.2) is 0 Å². The van der Waals surface area contributed by atoms with Gasteiger partial charge in [0.2, 0.25) is 27.2 Å². The Morgan fingerprint density at radius 2 is 1.06 bits per heavy atom. The molecule has 0 fully saturated rings. The van der Waals surface area contributed by atoms with Crippen LogP contribution in [0.4, 0.5) is 0 Å². The number of benzene rings is 4. The average Bonchev–Trinajstić information content (AvgIpc) is 4.04. The first-order valence-electron chi connectivity index (χ1n) is 17.0. The zero-order valence-corrected chi connectivity index (χ0v) is 28.7. The van der Waals surface area contributed by atoms with Crippen molar-refractivity contribution >= 4 is 17.5 Å². The number of hydrogen-bond acceptors (Lipinski definition) is 16. The van der Waals surface area contributed by atoms with Gasteiger partial charge in [-0.15, -0.1) is 0 Å². The van der Waals surface area contributed by atoms with Crippen LogP contribution < -0.4 is 43.4 Å². The Kier molecular flexibility index (Phi) is 9.95. The quantitative estimate of drug-likeness (QED) is 0.0546. The van der Waals surface area contributed by atoms with E-state index in [0.717, 1.165) is 10.6 Å². The Bertz CT molecular complexity index is 2110. The van der Waals surface area contributed by atoms with Crippen LogP contribution in [0, 0.1) is 0 Å². The molecule has 54 heavy (non-hydrogen) atoms. The zero-order chi connectivity index (χ0) is 37.0. The Morgan fingerprint density at radius 3 is 1.57 bits per heavy atom. The molecule has 0 saturated carbocycles. The van der Waals surface area contributed by atoms with E-state index in [-0.39, 0.29) is 57.9 Å². The third-order valence-electron chi connectivity index (χ3n) is 9.56. The molecule has 4 aromatic rings. The van der Waals surface area contributed by atoms with E-state index in [1.165, 1.54) is 0 Å². The highest BCUT2D eigenvalue weighted by atomic mass is 16.7. The topological polar surface area (TPSA) is 195 Å². The Balaban J connectivity index is 1.12. The first-order chi connectivity index (χ1) is 26.5. The maximum absolute atomic E-state index is 12.4. The zero-order valence-electron chi connectivity index (χ0n) is 28.7. The summed E-state index contributed by atoms with van der Waals surface area (Å²) in [7, 11) is 0. The Hall–Kier alpha value is -6.20. The highest BCUT2D eigenvalue weighted by Gasteiger charge is 2.33. The van der Waals surface area contributed by atoms with Crippen molar-refractivity contribution in [3.05, 3.63) is 101 Å². The molecule has 4 aromatic carbocycles. The summed E-state index contributed by atoms with van der Waals surface area (Å²) in [5.41, 5.74) is 5.43. The number of nitrogens with one attached hydrogen (secondary N) is 1. The SMILES string of the molecule is O/N=C(\C=C\c1ccc2c(c1)OCO2)CC(c1ccc2c(c1)OCO2)N(O)C(C/C(CC(NO)c1ccc2c(c1)OCO2)=N/O)c1ccc2c(c1)OCO2. The minimum atomic E-state index is -0.880. The van der Waals surface area contributed by atoms with Crippen molar-refractivity contribution < 1.29 is 58.7 Å². The van der Waals surface area contributed by atoms with Gasteiger partial charge in [0.25, 0.3) is 0 Å². The number of rotatable bonds is 14. The molecule has 0 bridgehead atoms. The molecule has 5 N–H and O–H groups in total. The molecule has 0 radical (unpaired) electrons. The van der Waals surface area contributed by atoms with Crippen molar-refractivity contribution in [2.75, 3.05) is 27.2 Å². The molecule has 0 aromatic heterocycles. The van der Waals surface area contributed by atoms with Crippen LogP contribution in [-0.2, 0) is 0 Å². The standard InChI is InChI=1S/C38H36N4O12/c43-39-26(6-1-22-2-7-31-35(11-22)51-18-47-31)16-29(24-4-9-33-37(13-24)53-20-49-33)42(46)30(25-5-10-34-38(14-25)54-21-50-34)17-27(40-44)15-28(41-45)23-3-8-32-36(12-23)52-19-48-32/h1-14,28-30,41,43-46H,15-21H2/b6-1+,39-26+,40-27+. The number of allylic oxidation sites excluding steroid dienone is 1.